The van der Waals surface area contributed by atoms with Gasteiger partial charge in [0.25, 0.3) is 5.56 Å². The van der Waals surface area contributed by atoms with Crippen molar-refractivity contribution in [3.63, 3.8) is 0 Å². The molecule has 6 heteroatoms. The monoisotopic (exact) mass is 433 g/mol. The lowest BCUT2D eigenvalue weighted by molar-refractivity contribution is -0.135. The third-order valence-electron chi connectivity index (χ3n) is 6.19. The third-order valence-corrected chi connectivity index (χ3v) is 6.19. The van der Waals surface area contributed by atoms with Crippen molar-refractivity contribution in [3.05, 3.63) is 69.8 Å². The maximum Gasteiger partial charge on any atom is 0.266 e. The van der Waals surface area contributed by atoms with Gasteiger partial charge in [-0.15, -0.1) is 0 Å². The summed E-state index contributed by atoms with van der Waals surface area (Å²) in [5, 5.41) is 0.572. The van der Waals surface area contributed by atoms with Crippen molar-refractivity contribution in [3.8, 4) is 5.69 Å². The van der Waals surface area contributed by atoms with Crippen LogP contribution in [0.5, 0.6) is 0 Å². The van der Waals surface area contributed by atoms with Crippen molar-refractivity contribution in [1.82, 2.24) is 14.5 Å². The van der Waals surface area contributed by atoms with E-state index in [2.05, 4.69) is 6.07 Å². The van der Waals surface area contributed by atoms with Crippen LogP contribution in [0.3, 0.4) is 0 Å². The Morgan fingerprint density at radius 3 is 2.66 bits per heavy atom. The number of benzene rings is 2. The average Bonchev–Trinajstić information content (AvgIpc) is 3.62. The molecule has 1 aromatic heterocycles. The summed E-state index contributed by atoms with van der Waals surface area (Å²) in [5.74, 6) is 0.817. The maximum atomic E-state index is 13.7. The van der Waals surface area contributed by atoms with Crippen molar-refractivity contribution in [2.45, 2.75) is 46.1 Å². The molecule has 1 fully saturated rings. The zero-order chi connectivity index (χ0) is 22.8. The fourth-order valence-corrected chi connectivity index (χ4v) is 4.30. The van der Waals surface area contributed by atoms with Gasteiger partial charge in [-0.25, -0.2) is 4.98 Å². The molecular weight excluding hydrogens is 402 g/mol. The van der Waals surface area contributed by atoms with Gasteiger partial charge in [0.05, 0.1) is 22.6 Å². The maximum absolute atomic E-state index is 13.7. The van der Waals surface area contributed by atoms with Gasteiger partial charge >= 0.3 is 0 Å². The van der Waals surface area contributed by atoms with E-state index in [0.717, 1.165) is 36.1 Å². The first kappa shape index (κ1) is 22.2. The summed E-state index contributed by atoms with van der Waals surface area (Å²) in [4.78, 5) is 33.7. The van der Waals surface area contributed by atoms with Gasteiger partial charge in [0, 0.05) is 26.2 Å². The second kappa shape index (κ2) is 9.25. The van der Waals surface area contributed by atoms with Crippen molar-refractivity contribution in [1.29, 1.82) is 0 Å². The number of carbonyl (C=O) groups is 1. The highest BCUT2D eigenvalue weighted by molar-refractivity contribution is 5.82. The molecule has 2 aromatic carbocycles. The molecule has 32 heavy (non-hydrogen) atoms. The number of nitrogens with zero attached hydrogens (tertiary/aromatic N) is 3. The van der Waals surface area contributed by atoms with E-state index in [1.165, 1.54) is 0 Å². The molecule has 1 aliphatic rings. The molecule has 3 aromatic rings. The fraction of sp³-hybridized carbons (Fsp3) is 0.423. The number of fused-ring (bicyclic) bond motifs is 1. The number of methoxy groups -OCH3 is 1. The number of hydrogen-bond acceptors (Lipinski definition) is 4. The molecule has 4 rings (SSSR count). The molecular formula is C26H31N3O3. The van der Waals surface area contributed by atoms with E-state index in [9.17, 15) is 9.59 Å². The molecule has 1 saturated carbocycles. The first-order chi connectivity index (χ1) is 15.4. The Bertz CT molecular complexity index is 1200. The zero-order valence-corrected chi connectivity index (χ0v) is 19.3. The van der Waals surface area contributed by atoms with Crippen molar-refractivity contribution >= 4 is 16.8 Å². The van der Waals surface area contributed by atoms with Crippen LogP contribution >= 0.6 is 0 Å². The van der Waals surface area contributed by atoms with Gasteiger partial charge in [-0.05, 0) is 63.8 Å². The van der Waals surface area contributed by atoms with Crippen molar-refractivity contribution in [2.75, 3.05) is 20.3 Å². The Morgan fingerprint density at radius 1 is 1.22 bits per heavy atom. The SMILES string of the molecule is COCCCN(C(=O)C1CC1)C(C)c1nc2ccccc2c(=O)n1-c1ccc(C)cc1C. The topological polar surface area (TPSA) is 64.4 Å². The van der Waals surface area contributed by atoms with Crippen molar-refractivity contribution < 1.29 is 9.53 Å². The summed E-state index contributed by atoms with van der Waals surface area (Å²) in [6.45, 7) is 7.16. The first-order valence-electron chi connectivity index (χ1n) is 11.3. The largest absolute Gasteiger partial charge is 0.385 e. The Labute approximate surface area is 188 Å². The Hall–Kier alpha value is -2.99. The van der Waals surface area contributed by atoms with Gasteiger partial charge in [0.2, 0.25) is 5.91 Å². The molecule has 1 heterocycles. The van der Waals surface area contributed by atoms with Gasteiger partial charge in [0.15, 0.2) is 0 Å². The third kappa shape index (κ3) is 4.32. The van der Waals surface area contributed by atoms with E-state index < -0.39 is 0 Å². The van der Waals surface area contributed by atoms with Crippen LogP contribution in [0.25, 0.3) is 16.6 Å². The zero-order valence-electron chi connectivity index (χ0n) is 19.3. The number of ether oxygens (including phenoxy) is 1. The van der Waals surface area contributed by atoms with Crippen LogP contribution in [0.2, 0.25) is 0 Å². The minimum absolute atomic E-state index is 0.0849. The lowest BCUT2D eigenvalue weighted by Crippen LogP contribution is -2.39. The summed E-state index contributed by atoms with van der Waals surface area (Å²) in [6.07, 6.45) is 2.60. The van der Waals surface area contributed by atoms with E-state index in [-0.39, 0.29) is 23.4 Å². The fourth-order valence-electron chi connectivity index (χ4n) is 4.30. The molecule has 6 nitrogen and oxygen atoms in total. The highest BCUT2D eigenvalue weighted by Crippen LogP contribution is 2.34. The van der Waals surface area contributed by atoms with Gasteiger partial charge in [-0.1, -0.05) is 29.8 Å². The number of hydrogen-bond donors (Lipinski definition) is 0. The minimum Gasteiger partial charge on any atom is -0.385 e. The van der Waals surface area contributed by atoms with Gasteiger partial charge in [-0.2, -0.15) is 0 Å². The highest BCUT2D eigenvalue weighted by Gasteiger charge is 2.36. The summed E-state index contributed by atoms with van der Waals surface area (Å²) in [6, 6.07) is 13.1. The Kier molecular flexibility index (Phi) is 6.42. The molecule has 0 radical (unpaired) electrons. The summed E-state index contributed by atoms with van der Waals surface area (Å²) in [5.41, 5.74) is 3.47. The molecule has 0 N–H and O–H groups in total. The second-order valence-electron chi connectivity index (χ2n) is 8.75. The lowest BCUT2D eigenvalue weighted by Gasteiger charge is -2.31. The predicted octanol–water partition coefficient (Wildman–Crippen LogP) is 4.34. The normalized spacial score (nSPS) is 14.5. The average molecular weight is 434 g/mol. The molecule has 1 unspecified atom stereocenters. The Balaban J connectivity index is 1.89. The van der Waals surface area contributed by atoms with Crippen molar-refractivity contribution in [2.24, 2.45) is 5.92 Å². The quantitative estimate of drug-likeness (QED) is 0.496. The van der Waals surface area contributed by atoms with Gasteiger partial charge < -0.3 is 9.64 Å². The summed E-state index contributed by atoms with van der Waals surface area (Å²) >= 11 is 0. The highest BCUT2D eigenvalue weighted by atomic mass is 16.5. The molecule has 1 atom stereocenters. The Morgan fingerprint density at radius 2 is 1.97 bits per heavy atom. The van der Waals surface area contributed by atoms with Crippen LogP contribution in [-0.4, -0.2) is 40.6 Å². The first-order valence-corrected chi connectivity index (χ1v) is 11.3. The van der Waals surface area contributed by atoms with Crippen LogP contribution in [0, 0.1) is 19.8 Å². The van der Waals surface area contributed by atoms with Crippen LogP contribution < -0.4 is 5.56 Å². The smallest absolute Gasteiger partial charge is 0.266 e. The molecule has 1 aliphatic carbocycles. The van der Waals surface area contributed by atoms with Crippen LogP contribution in [0.4, 0.5) is 0 Å². The van der Waals surface area contributed by atoms with E-state index in [1.807, 2.05) is 62.1 Å². The lowest BCUT2D eigenvalue weighted by atomic mass is 10.1. The second-order valence-corrected chi connectivity index (χ2v) is 8.75. The number of aryl methyl sites for hydroxylation is 2. The van der Waals surface area contributed by atoms with E-state index in [4.69, 9.17) is 9.72 Å². The molecule has 168 valence electrons. The summed E-state index contributed by atoms with van der Waals surface area (Å²) < 4.78 is 6.92. The van der Waals surface area contributed by atoms with Crippen LogP contribution in [0.15, 0.2) is 47.3 Å². The summed E-state index contributed by atoms with van der Waals surface area (Å²) in [7, 11) is 1.67. The molecule has 0 aliphatic heterocycles. The number of para-hydroxylation sites is 1. The minimum atomic E-state index is -0.349. The molecule has 0 spiro atoms. The number of rotatable bonds is 8. The van der Waals surface area contributed by atoms with E-state index >= 15 is 0 Å². The van der Waals surface area contributed by atoms with E-state index in [1.54, 1.807) is 11.7 Å². The van der Waals surface area contributed by atoms with Crippen LogP contribution in [0.1, 0.15) is 49.2 Å². The molecule has 0 saturated heterocycles. The van der Waals surface area contributed by atoms with Gasteiger partial charge in [-0.3, -0.25) is 14.2 Å². The van der Waals surface area contributed by atoms with E-state index in [0.29, 0.717) is 29.9 Å². The number of carbonyl (C=O) groups excluding carboxylic acids is 1. The number of amides is 1. The van der Waals surface area contributed by atoms with Crippen LogP contribution in [-0.2, 0) is 9.53 Å². The molecule has 1 amide bonds. The van der Waals surface area contributed by atoms with Gasteiger partial charge in [0.1, 0.15) is 5.82 Å². The molecule has 0 bridgehead atoms. The number of aromatic nitrogens is 2. The predicted molar refractivity (Wildman–Crippen MR) is 126 cm³/mol. The standard InChI is InChI=1S/C26H31N3O3/c1-17-10-13-23(18(2)16-17)29-24(27-22-9-6-5-8-21(22)26(29)31)19(3)28(14-7-15-32-4)25(30)20-11-12-20/h5-6,8-10,13,16,19-20H,7,11-12,14-15H2,1-4H3.